The fraction of sp³-hybridized carbons (Fsp3) is 0.647. The predicted molar refractivity (Wildman–Crippen MR) is 89.5 cm³/mol. The van der Waals surface area contributed by atoms with E-state index >= 15 is 0 Å². The maximum atomic E-state index is 3.48. The average Bonchev–Trinajstić information content (AvgIpc) is 2.97. The van der Waals surface area contributed by atoms with Gasteiger partial charge in [-0.3, -0.25) is 0 Å². The molecule has 1 aliphatic heterocycles. The molecule has 3 heteroatoms. The van der Waals surface area contributed by atoms with Crippen LogP contribution in [-0.2, 0) is 0 Å². The van der Waals surface area contributed by atoms with E-state index in [-0.39, 0.29) is 0 Å². The minimum atomic E-state index is 0.449. The van der Waals surface area contributed by atoms with Gasteiger partial charge < -0.3 is 10.2 Å². The predicted octanol–water partition coefficient (Wildman–Crippen LogP) is 3.94. The van der Waals surface area contributed by atoms with Gasteiger partial charge >= 0.3 is 0 Å². The Morgan fingerprint density at radius 2 is 2.10 bits per heavy atom. The molecule has 0 spiro atoms. The quantitative estimate of drug-likeness (QED) is 0.577. The van der Waals surface area contributed by atoms with Crippen LogP contribution in [0.1, 0.15) is 44.7 Å². The maximum Gasteiger partial charge on any atom is 0.0292 e. The van der Waals surface area contributed by atoms with Crippen molar-refractivity contribution in [3.63, 3.8) is 0 Å². The minimum absolute atomic E-state index is 0.449. The molecule has 1 N–H and O–H groups in total. The van der Waals surface area contributed by atoms with Crippen LogP contribution in [0.2, 0.25) is 0 Å². The normalized spacial score (nSPS) is 17.5. The van der Waals surface area contributed by atoms with Crippen molar-refractivity contribution in [1.82, 2.24) is 10.2 Å². The van der Waals surface area contributed by atoms with Crippen molar-refractivity contribution in [3.05, 3.63) is 29.8 Å². The summed E-state index contributed by atoms with van der Waals surface area (Å²) in [6.45, 7) is 9.34. The Balaban J connectivity index is 1.73. The lowest BCUT2D eigenvalue weighted by atomic mass is 10.1. The van der Waals surface area contributed by atoms with E-state index in [1.54, 1.807) is 0 Å². The van der Waals surface area contributed by atoms with Gasteiger partial charge in [-0.25, -0.2) is 0 Å². The molecule has 0 radical (unpaired) electrons. The molecular formula is C17H28N2S. The lowest BCUT2D eigenvalue weighted by Crippen LogP contribution is -2.20. The first-order valence-corrected chi connectivity index (χ1v) is 8.96. The fourth-order valence-electron chi connectivity index (χ4n) is 2.78. The van der Waals surface area contributed by atoms with Crippen molar-refractivity contribution in [1.29, 1.82) is 0 Å². The van der Waals surface area contributed by atoms with Crippen LogP contribution in [-0.4, -0.2) is 36.8 Å². The Bertz CT molecular complexity index is 388. The van der Waals surface area contributed by atoms with Crippen LogP contribution in [0.4, 0.5) is 0 Å². The molecule has 0 aromatic heterocycles. The highest BCUT2D eigenvalue weighted by Gasteiger charge is 2.10. The van der Waals surface area contributed by atoms with E-state index < -0.39 is 0 Å². The number of benzene rings is 1. The zero-order valence-electron chi connectivity index (χ0n) is 12.9. The molecule has 1 aliphatic rings. The van der Waals surface area contributed by atoms with Crippen LogP contribution in [0.5, 0.6) is 0 Å². The molecule has 0 amide bonds. The minimum Gasteiger partial charge on any atom is -0.310 e. The molecule has 2 nitrogen and oxygen atoms in total. The van der Waals surface area contributed by atoms with E-state index in [0.717, 1.165) is 6.54 Å². The zero-order chi connectivity index (χ0) is 14.2. The third-order valence-corrected chi connectivity index (χ3v) is 5.03. The van der Waals surface area contributed by atoms with Crippen molar-refractivity contribution in [2.24, 2.45) is 0 Å². The summed E-state index contributed by atoms with van der Waals surface area (Å²) in [7, 11) is 0. The Hall–Kier alpha value is -0.510. The van der Waals surface area contributed by atoms with E-state index in [0.29, 0.717) is 6.04 Å². The largest absolute Gasteiger partial charge is 0.310 e. The average molecular weight is 292 g/mol. The van der Waals surface area contributed by atoms with Crippen LogP contribution >= 0.6 is 11.8 Å². The molecule has 0 saturated carbocycles. The lowest BCUT2D eigenvalue weighted by molar-refractivity contribution is 0.341. The van der Waals surface area contributed by atoms with Gasteiger partial charge in [0.2, 0.25) is 0 Å². The summed E-state index contributed by atoms with van der Waals surface area (Å²) in [5.41, 5.74) is 1.40. The van der Waals surface area contributed by atoms with Gasteiger partial charge in [0.15, 0.2) is 0 Å². The highest BCUT2D eigenvalue weighted by Crippen LogP contribution is 2.23. The fourth-order valence-corrected chi connectivity index (χ4v) is 3.69. The first kappa shape index (κ1) is 15.9. The molecule has 0 bridgehead atoms. The standard InChI is InChI=1S/C17H28N2S/c1-3-18-15(2)16-8-6-9-17(14-16)20-13-7-12-19-10-4-5-11-19/h6,8-9,14-15,18H,3-5,7,10-13H2,1-2H3. The van der Waals surface area contributed by atoms with Crippen LogP contribution in [0, 0.1) is 0 Å². The number of nitrogens with one attached hydrogen (secondary N) is 1. The van der Waals surface area contributed by atoms with Gasteiger partial charge in [0, 0.05) is 10.9 Å². The molecule has 112 valence electrons. The molecular weight excluding hydrogens is 264 g/mol. The molecule has 1 atom stereocenters. The summed E-state index contributed by atoms with van der Waals surface area (Å²) >= 11 is 2.00. The van der Waals surface area contributed by atoms with Crippen molar-refractivity contribution in [3.8, 4) is 0 Å². The topological polar surface area (TPSA) is 15.3 Å². The third kappa shape index (κ3) is 5.12. The van der Waals surface area contributed by atoms with Crippen molar-refractivity contribution in [2.45, 2.75) is 44.0 Å². The van der Waals surface area contributed by atoms with E-state index in [1.165, 1.54) is 55.1 Å². The highest BCUT2D eigenvalue weighted by atomic mass is 32.2. The van der Waals surface area contributed by atoms with Crippen molar-refractivity contribution < 1.29 is 0 Å². The van der Waals surface area contributed by atoms with Gasteiger partial charge in [-0.1, -0.05) is 19.1 Å². The van der Waals surface area contributed by atoms with Gasteiger partial charge in [0.1, 0.15) is 0 Å². The Morgan fingerprint density at radius 1 is 1.30 bits per heavy atom. The van der Waals surface area contributed by atoms with Crippen LogP contribution < -0.4 is 5.32 Å². The Morgan fingerprint density at radius 3 is 2.85 bits per heavy atom. The molecule has 1 aromatic carbocycles. The summed E-state index contributed by atoms with van der Waals surface area (Å²) in [6, 6.07) is 9.44. The van der Waals surface area contributed by atoms with Gasteiger partial charge in [-0.15, -0.1) is 11.8 Å². The SMILES string of the molecule is CCNC(C)c1cccc(SCCCN2CCCC2)c1. The molecule has 1 unspecified atom stereocenters. The Labute approximate surface area is 128 Å². The maximum absolute atomic E-state index is 3.48. The van der Waals surface area contributed by atoms with Crippen molar-refractivity contribution in [2.75, 3.05) is 31.9 Å². The molecule has 1 aromatic rings. The summed E-state index contributed by atoms with van der Waals surface area (Å²) in [4.78, 5) is 4.01. The molecule has 20 heavy (non-hydrogen) atoms. The summed E-state index contributed by atoms with van der Waals surface area (Å²) in [5.74, 6) is 1.23. The Kier molecular flexibility index (Phi) is 6.91. The van der Waals surface area contributed by atoms with Gasteiger partial charge in [0.25, 0.3) is 0 Å². The molecule has 1 heterocycles. The van der Waals surface area contributed by atoms with E-state index in [4.69, 9.17) is 0 Å². The number of hydrogen-bond donors (Lipinski definition) is 1. The van der Waals surface area contributed by atoms with Gasteiger partial charge in [-0.2, -0.15) is 0 Å². The molecule has 2 rings (SSSR count). The monoisotopic (exact) mass is 292 g/mol. The van der Waals surface area contributed by atoms with E-state index in [9.17, 15) is 0 Å². The second-order valence-corrected chi connectivity index (χ2v) is 6.77. The smallest absolute Gasteiger partial charge is 0.0292 e. The molecule has 0 aliphatic carbocycles. The summed E-state index contributed by atoms with van der Waals surface area (Å²) < 4.78 is 0. The number of likely N-dealkylation sites (tertiary alicyclic amines) is 1. The summed E-state index contributed by atoms with van der Waals surface area (Å²) in [6.07, 6.45) is 4.10. The zero-order valence-corrected chi connectivity index (χ0v) is 13.7. The first-order chi connectivity index (χ1) is 9.79. The van der Waals surface area contributed by atoms with Crippen LogP contribution in [0.25, 0.3) is 0 Å². The van der Waals surface area contributed by atoms with Gasteiger partial charge in [0.05, 0.1) is 0 Å². The molecule has 1 fully saturated rings. The van der Waals surface area contributed by atoms with Crippen LogP contribution in [0.15, 0.2) is 29.2 Å². The number of thioether (sulfide) groups is 1. The highest BCUT2D eigenvalue weighted by molar-refractivity contribution is 7.99. The van der Waals surface area contributed by atoms with Crippen LogP contribution in [0.3, 0.4) is 0 Å². The van der Waals surface area contributed by atoms with Crippen molar-refractivity contribution >= 4 is 11.8 Å². The third-order valence-electron chi connectivity index (χ3n) is 3.95. The molecule has 1 saturated heterocycles. The van der Waals surface area contributed by atoms with Gasteiger partial charge in [-0.05, 0) is 75.8 Å². The lowest BCUT2D eigenvalue weighted by Gasteiger charge is -2.15. The number of nitrogens with zero attached hydrogens (tertiary/aromatic N) is 1. The van der Waals surface area contributed by atoms with E-state index in [2.05, 4.69) is 48.3 Å². The van der Waals surface area contributed by atoms with E-state index in [1.807, 2.05) is 11.8 Å². The second-order valence-electron chi connectivity index (χ2n) is 5.60. The second kappa shape index (κ2) is 8.71. The summed E-state index contributed by atoms with van der Waals surface area (Å²) in [5, 5.41) is 3.48. The number of hydrogen-bond acceptors (Lipinski definition) is 3. The number of rotatable bonds is 8. The first-order valence-electron chi connectivity index (χ1n) is 7.98.